The fraction of sp³-hybridized carbons (Fsp3) is 0.833. The van der Waals surface area contributed by atoms with Crippen LogP contribution in [0.15, 0.2) is 4.60 Å². The summed E-state index contributed by atoms with van der Waals surface area (Å²) in [6.07, 6.45) is 1.31. The van der Waals surface area contributed by atoms with E-state index >= 15 is 0 Å². The van der Waals surface area contributed by atoms with Crippen LogP contribution in [0.3, 0.4) is 0 Å². The summed E-state index contributed by atoms with van der Waals surface area (Å²) in [4.78, 5) is 0. The molecule has 0 amide bonds. The first kappa shape index (κ1) is 14.6. The second-order valence-corrected chi connectivity index (χ2v) is 6.76. The highest BCUT2D eigenvalue weighted by Gasteiger charge is 2.22. The molecular formula is C12H22BrN3O. The quantitative estimate of drug-likeness (QED) is 0.930. The predicted octanol–water partition coefficient (Wildman–Crippen LogP) is 3.07. The monoisotopic (exact) mass is 303 g/mol. The van der Waals surface area contributed by atoms with Gasteiger partial charge in [-0.1, -0.05) is 32.9 Å². The molecule has 17 heavy (non-hydrogen) atoms. The van der Waals surface area contributed by atoms with Gasteiger partial charge in [-0.2, -0.15) is 0 Å². The van der Waals surface area contributed by atoms with Crippen LogP contribution in [-0.4, -0.2) is 20.1 Å². The Balaban J connectivity index is 2.64. The lowest BCUT2D eigenvalue weighted by Gasteiger charge is -2.24. The van der Waals surface area contributed by atoms with Crippen molar-refractivity contribution in [3.05, 3.63) is 10.3 Å². The largest absolute Gasteiger partial charge is 0.387 e. The van der Waals surface area contributed by atoms with E-state index in [0.29, 0.717) is 15.9 Å². The molecule has 1 N–H and O–H groups in total. The summed E-state index contributed by atoms with van der Waals surface area (Å²) in [5.41, 5.74) is 1.05. The Hall–Kier alpha value is -0.420. The lowest BCUT2D eigenvalue weighted by Crippen LogP contribution is -2.15. The minimum atomic E-state index is -0.512. The molecule has 2 atom stereocenters. The summed E-state index contributed by atoms with van der Waals surface area (Å²) in [6.45, 7) is 8.83. The molecule has 1 aromatic rings. The summed E-state index contributed by atoms with van der Waals surface area (Å²) in [7, 11) is 1.80. The average molecular weight is 304 g/mol. The van der Waals surface area contributed by atoms with Gasteiger partial charge in [0.05, 0.1) is 6.10 Å². The van der Waals surface area contributed by atoms with Gasteiger partial charge in [0, 0.05) is 7.05 Å². The third-order valence-corrected chi connectivity index (χ3v) is 3.29. The van der Waals surface area contributed by atoms with Crippen LogP contribution in [0, 0.1) is 11.3 Å². The number of rotatable bonds is 4. The Kier molecular flexibility index (Phi) is 4.72. The van der Waals surface area contributed by atoms with Gasteiger partial charge in [0.15, 0.2) is 4.60 Å². The van der Waals surface area contributed by atoms with E-state index in [1.807, 2.05) is 0 Å². The lowest BCUT2D eigenvalue weighted by molar-refractivity contribution is 0.125. The maximum Gasteiger partial charge on any atom is 0.154 e. The van der Waals surface area contributed by atoms with E-state index in [-0.39, 0.29) is 0 Å². The van der Waals surface area contributed by atoms with Gasteiger partial charge in [-0.25, -0.2) is 4.68 Å². The summed E-state index contributed by atoms with van der Waals surface area (Å²) in [5, 5.41) is 18.0. The van der Waals surface area contributed by atoms with Crippen LogP contribution in [0.5, 0.6) is 0 Å². The van der Waals surface area contributed by atoms with Crippen molar-refractivity contribution >= 4 is 15.9 Å². The Bertz CT molecular complexity index is 351. The second kappa shape index (κ2) is 5.48. The van der Waals surface area contributed by atoms with Crippen molar-refractivity contribution in [3.8, 4) is 0 Å². The molecule has 1 heterocycles. The zero-order valence-electron chi connectivity index (χ0n) is 11.2. The standard InChI is InChI=1S/C12H22BrN3O/c1-8(7-12(2,3)4)6-9(17)10-11(13)14-15-16(10)5/h8-9,17H,6-7H2,1-5H3. The van der Waals surface area contributed by atoms with Gasteiger partial charge in [0.2, 0.25) is 0 Å². The SMILES string of the molecule is CC(CC(O)c1c(Br)nnn1C)CC(C)(C)C. The highest BCUT2D eigenvalue weighted by atomic mass is 79.9. The molecule has 98 valence electrons. The molecule has 0 fully saturated rings. The van der Waals surface area contributed by atoms with Gasteiger partial charge in [0.1, 0.15) is 5.69 Å². The van der Waals surface area contributed by atoms with E-state index in [1.165, 1.54) is 0 Å². The molecule has 0 bridgehead atoms. The molecule has 0 radical (unpaired) electrons. The first-order valence-electron chi connectivity index (χ1n) is 5.94. The molecule has 0 aliphatic rings. The normalized spacial score (nSPS) is 15.9. The van der Waals surface area contributed by atoms with Crippen LogP contribution in [0.4, 0.5) is 0 Å². The summed E-state index contributed by atoms with van der Waals surface area (Å²) >= 11 is 3.31. The zero-order valence-corrected chi connectivity index (χ0v) is 12.8. The van der Waals surface area contributed by atoms with Crippen molar-refractivity contribution in [1.82, 2.24) is 15.0 Å². The number of hydrogen-bond donors (Lipinski definition) is 1. The number of aliphatic hydroxyl groups excluding tert-OH is 1. The van der Waals surface area contributed by atoms with Crippen LogP contribution < -0.4 is 0 Å². The average Bonchev–Trinajstić information content (AvgIpc) is 2.42. The fourth-order valence-corrected chi connectivity index (χ4v) is 2.91. The Labute approximate surface area is 112 Å². The molecule has 5 heteroatoms. The number of halogens is 1. The molecule has 0 aromatic carbocycles. The molecule has 0 spiro atoms. The van der Waals surface area contributed by atoms with Crippen LogP contribution in [0.25, 0.3) is 0 Å². The van der Waals surface area contributed by atoms with E-state index < -0.39 is 6.10 Å². The molecule has 0 aliphatic carbocycles. The molecule has 2 unspecified atom stereocenters. The zero-order chi connectivity index (χ0) is 13.2. The third kappa shape index (κ3) is 4.39. The highest BCUT2D eigenvalue weighted by molar-refractivity contribution is 9.10. The number of hydrogen-bond acceptors (Lipinski definition) is 3. The maximum absolute atomic E-state index is 10.2. The summed E-state index contributed by atoms with van der Waals surface area (Å²) < 4.78 is 2.26. The predicted molar refractivity (Wildman–Crippen MR) is 71.5 cm³/mol. The molecule has 0 saturated heterocycles. The van der Waals surface area contributed by atoms with Crippen LogP contribution >= 0.6 is 15.9 Å². The number of nitrogens with zero attached hydrogens (tertiary/aromatic N) is 3. The summed E-state index contributed by atoms with van der Waals surface area (Å²) in [6, 6.07) is 0. The summed E-state index contributed by atoms with van der Waals surface area (Å²) in [5.74, 6) is 0.465. The van der Waals surface area contributed by atoms with Crippen LogP contribution in [0.1, 0.15) is 52.3 Å². The fourth-order valence-electron chi connectivity index (χ4n) is 2.31. The number of aromatic nitrogens is 3. The molecular weight excluding hydrogens is 282 g/mol. The Morgan fingerprint density at radius 1 is 1.41 bits per heavy atom. The lowest BCUT2D eigenvalue weighted by atomic mass is 9.83. The maximum atomic E-state index is 10.2. The van der Waals surface area contributed by atoms with E-state index in [9.17, 15) is 5.11 Å². The van der Waals surface area contributed by atoms with Gasteiger partial charge in [-0.05, 0) is 40.1 Å². The second-order valence-electron chi connectivity index (χ2n) is 6.01. The first-order valence-corrected chi connectivity index (χ1v) is 6.73. The van der Waals surface area contributed by atoms with Gasteiger partial charge in [0.25, 0.3) is 0 Å². The van der Waals surface area contributed by atoms with Crippen LogP contribution in [-0.2, 0) is 7.05 Å². The highest BCUT2D eigenvalue weighted by Crippen LogP contribution is 2.31. The van der Waals surface area contributed by atoms with Crippen molar-refractivity contribution in [2.24, 2.45) is 18.4 Å². The van der Waals surface area contributed by atoms with Crippen LogP contribution in [0.2, 0.25) is 0 Å². The molecule has 1 aromatic heterocycles. The van der Waals surface area contributed by atoms with Gasteiger partial charge in [-0.15, -0.1) is 5.10 Å². The van der Waals surface area contributed by atoms with Crippen molar-refractivity contribution in [3.63, 3.8) is 0 Å². The van der Waals surface area contributed by atoms with Crippen molar-refractivity contribution < 1.29 is 5.11 Å². The van der Waals surface area contributed by atoms with Gasteiger partial charge in [-0.3, -0.25) is 0 Å². The van der Waals surface area contributed by atoms with Crippen molar-refractivity contribution in [2.45, 2.75) is 46.6 Å². The van der Waals surface area contributed by atoms with Gasteiger partial charge >= 0.3 is 0 Å². The molecule has 0 saturated carbocycles. The molecule has 0 aliphatic heterocycles. The van der Waals surface area contributed by atoms with E-state index in [2.05, 4.69) is 53.9 Å². The minimum absolute atomic E-state index is 0.293. The Morgan fingerprint density at radius 3 is 2.41 bits per heavy atom. The van der Waals surface area contributed by atoms with Gasteiger partial charge < -0.3 is 5.11 Å². The number of aliphatic hydroxyl groups is 1. The van der Waals surface area contributed by atoms with Crippen molar-refractivity contribution in [2.75, 3.05) is 0 Å². The smallest absolute Gasteiger partial charge is 0.154 e. The van der Waals surface area contributed by atoms with Crippen molar-refractivity contribution in [1.29, 1.82) is 0 Å². The van der Waals surface area contributed by atoms with E-state index in [4.69, 9.17) is 0 Å². The van der Waals surface area contributed by atoms with E-state index in [0.717, 1.165) is 18.5 Å². The minimum Gasteiger partial charge on any atom is -0.387 e. The third-order valence-electron chi connectivity index (χ3n) is 2.73. The topological polar surface area (TPSA) is 50.9 Å². The molecule has 1 rings (SSSR count). The molecule has 4 nitrogen and oxygen atoms in total. The first-order chi connectivity index (χ1) is 7.70. The Morgan fingerprint density at radius 2 is 2.00 bits per heavy atom. The van der Waals surface area contributed by atoms with E-state index in [1.54, 1.807) is 11.7 Å². The number of aryl methyl sites for hydroxylation is 1.